The summed E-state index contributed by atoms with van der Waals surface area (Å²) < 4.78 is 27.7. The largest absolute Gasteiger partial charge is 0.394 e. The third kappa shape index (κ3) is 2.96. The molecule has 8 heteroatoms. The van der Waals surface area contributed by atoms with Gasteiger partial charge >= 0.3 is 0 Å². The molecule has 1 N–H and O–H groups in total. The fraction of sp³-hybridized carbons (Fsp3) is 0.357. The minimum atomic E-state index is -0.938. The van der Waals surface area contributed by atoms with Crippen molar-refractivity contribution in [2.24, 2.45) is 0 Å². The average molecular weight is 310 g/mol. The summed E-state index contributed by atoms with van der Waals surface area (Å²) in [5.74, 6) is -2.41. The Kier molecular flexibility index (Phi) is 4.81. The van der Waals surface area contributed by atoms with Gasteiger partial charge in [-0.05, 0) is 19.9 Å². The maximum absolute atomic E-state index is 14.1. The zero-order valence-corrected chi connectivity index (χ0v) is 12.2. The number of halogens is 2. The van der Waals surface area contributed by atoms with Crippen LogP contribution in [0.2, 0.25) is 0 Å². The van der Waals surface area contributed by atoms with Gasteiger partial charge in [0.15, 0.2) is 5.82 Å². The first-order valence-electron chi connectivity index (χ1n) is 6.77. The Morgan fingerprint density at radius 1 is 1.36 bits per heavy atom. The molecule has 1 aromatic carbocycles. The van der Waals surface area contributed by atoms with E-state index >= 15 is 0 Å². The van der Waals surface area contributed by atoms with Crippen LogP contribution in [0, 0.1) is 11.6 Å². The number of hydrogen-bond donors (Lipinski definition) is 1. The molecule has 0 fully saturated rings. The van der Waals surface area contributed by atoms with Crippen LogP contribution in [0.3, 0.4) is 0 Å². The fourth-order valence-electron chi connectivity index (χ4n) is 2.17. The SMILES string of the molecule is CCN(C(=O)c1cc(F)cc(F)c1-n1nccn1)[C@@H](C)CO. The van der Waals surface area contributed by atoms with E-state index in [1.54, 1.807) is 13.8 Å². The van der Waals surface area contributed by atoms with Gasteiger partial charge in [-0.15, -0.1) is 4.80 Å². The van der Waals surface area contributed by atoms with Crippen LogP contribution < -0.4 is 0 Å². The minimum absolute atomic E-state index is 0.198. The molecule has 1 atom stereocenters. The van der Waals surface area contributed by atoms with Crippen LogP contribution in [-0.2, 0) is 0 Å². The quantitative estimate of drug-likeness (QED) is 0.906. The van der Waals surface area contributed by atoms with E-state index in [1.807, 2.05) is 0 Å². The summed E-state index contributed by atoms with van der Waals surface area (Å²) in [7, 11) is 0. The third-order valence-electron chi connectivity index (χ3n) is 3.28. The molecule has 0 aliphatic rings. The van der Waals surface area contributed by atoms with Crippen molar-refractivity contribution in [2.45, 2.75) is 19.9 Å². The number of aromatic nitrogens is 3. The third-order valence-corrected chi connectivity index (χ3v) is 3.28. The van der Waals surface area contributed by atoms with Crippen molar-refractivity contribution in [3.63, 3.8) is 0 Å². The minimum Gasteiger partial charge on any atom is -0.394 e. The lowest BCUT2D eigenvalue weighted by Gasteiger charge is -2.27. The Morgan fingerprint density at radius 2 is 2.00 bits per heavy atom. The zero-order chi connectivity index (χ0) is 16.3. The first-order chi connectivity index (χ1) is 10.5. The molecule has 0 radical (unpaired) electrons. The smallest absolute Gasteiger partial charge is 0.256 e. The number of aliphatic hydroxyl groups is 1. The Labute approximate surface area is 126 Å². The Morgan fingerprint density at radius 3 is 2.55 bits per heavy atom. The van der Waals surface area contributed by atoms with E-state index in [0.29, 0.717) is 6.07 Å². The Hall–Kier alpha value is -2.35. The van der Waals surface area contributed by atoms with Gasteiger partial charge in [0.25, 0.3) is 5.91 Å². The van der Waals surface area contributed by atoms with Gasteiger partial charge in [0.2, 0.25) is 0 Å². The van der Waals surface area contributed by atoms with Crippen LogP contribution in [0.15, 0.2) is 24.5 Å². The molecule has 0 saturated carbocycles. The summed E-state index contributed by atoms with van der Waals surface area (Å²) in [5, 5.41) is 16.8. The highest BCUT2D eigenvalue weighted by atomic mass is 19.1. The highest BCUT2D eigenvalue weighted by molar-refractivity contribution is 5.98. The van der Waals surface area contributed by atoms with Crippen LogP contribution >= 0.6 is 0 Å². The molecule has 22 heavy (non-hydrogen) atoms. The average Bonchev–Trinajstić information content (AvgIpc) is 3.00. The molecule has 0 aliphatic heterocycles. The molecule has 0 aliphatic carbocycles. The van der Waals surface area contributed by atoms with Gasteiger partial charge in [-0.25, -0.2) is 8.78 Å². The topological polar surface area (TPSA) is 71.2 Å². The highest BCUT2D eigenvalue weighted by Gasteiger charge is 2.26. The van der Waals surface area contributed by atoms with E-state index in [1.165, 1.54) is 17.3 Å². The lowest BCUT2D eigenvalue weighted by Crippen LogP contribution is -2.41. The Bertz CT molecular complexity index is 661. The van der Waals surface area contributed by atoms with E-state index in [-0.39, 0.29) is 24.4 Å². The number of carbonyl (C=O) groups excluding carboxylic acids is 1. The van der Waals surface area contributed by atoms with Gasteiger partial charge in [-0.3, -0.25) is 4.79 Å². The van der Waals surface area contributed by atoms with Crippen molar-refractivity contribution >= 4 is 5.91 Å². The molecule has 0 saturated heterocycles. The van der Waals surface area contributed by atoms with Crippen molar-refractivity contribution in [1.29, 1.82) is 0 Å². The molecule has 118 valence electrons. The number of carbonyl (C=O) groups is 1. The van der Waals surface area contributed by atoms with E-state index in [0.717, 1.165) is 10.9 Å². The second kappa shape index (κ2) is 6.61. The second-order valence-electron chi connectivity index (χ2n) is 4.73. The number of hydrogen-bond acceptors (Lipinski definition) is 4. The standard InChI is InChI=1S/C14H16F2N4O2/c1-3-19(9(2)8-21)14(22)11-6-10(15)7-12(16)13(11)20-17-4-5-18-20/h4-7,9,21H,3,8H2,1-2H3/t9-/m0/s1. The van der Waals surface area contributed by atoms with Gasteiger partial charge in [0.05, 0.1) is 30.6 Å². The van der Waals surface area contributed by atoms with Crippen LogP contribution in [-0.4, -0.2) is 50.1 Å². The van der Waals surface area contributed by atoms with Crippen LogP contribution in [0.4, 0.5) is 8.78 Å². The number of likely N-dealkylation sites (N-methyl/N-ethyl adjacent to an activating group) is 1. The van der Waals surface area contributed by atoms with Crippen molar-refractivity contribution in [1.82, 2.24) is 19.9 Å². The number of aliphatic hydroxyl groups excluding tert-OH is 1. The molecule has 0 spiro atoms. The summed E-state index contributed by atoms with van der Waals surface area (Å²) in [5.41, 5.74) is -0.421. The van der Waals surface area contributed by atoms with E-state index in [4.69, 9.17) is 0 Å². The van der Waals surface area contributed by atoms with Crippen molar-refractivity contribution in [3.8, 4) is 5.69 Å². The fourth-order valence-corrected chi connectivity index (χ4v) is 2.17. The van der Waals surface area contributed by atoms with Crippen LogP contribution in [0.5, 0.6) is 0 Å². The van der Waals surface area contributed by atoms with Gasteiger partial charge in [0, 0.05) is 12.6 Å². The summed E-state index contributed by atoms with van der Waals surface area (Å²) in [6, 6.07) is 1.13. The normalized spacial score (nSPS) is 12.2. The van der Waals surface area contributed by atoms with Gasteiger partial charge in [-0.1, -0.05) is 0 Å². The maximum Gasteiger partial charge on any atom is 0.256 e. The predicted molar refractivity (Wildman–Crippen MR) is 74.5 cm³/mol. The van der Waals surface area contributed by atoms with Gasteiger partial charge < -0.3 is 10.0 Å². The second-order valence-corrected chi connectivity index (χ2v) is 4.73. The van der Waals surface area contributed by atoms with Crippen LogP contribution in [0.1, 0.15) is 24.2 Å². The summed E-state index contributed by atoms with van der Waals surface area (Å²) in [6.45, 7) is 3.38. The van der Waals surface area contributed by atoms with Crippen molar-refractivity contribution in [3.05, 3.63) is 41.7 Å². The summed E-state index contributed by atoms with van der Waals surface area (Å²) in [6.07, 6.45) is 2.65. The summed E-state index contributed by atoms with van der Waals surface area (Å²) >= 11 is 0. The van der Waals surface area contributed by atoms with Crippen LogP contribution in [0.25, 0.3) is 5.69 Å². The van der Waals surface area contributed by atoms with Gasteiger partial charge in [0.1, 0.15) is 11.5 Å². The van der Waals surface area contributed by atoms with E-state index < -0.39 is 23.6 Å². The molecule has 2 aromatic rings. The van der Waals surface area contributed by atoms with Gasteiger partial charge in [-0.2, -0.15) is 10.2 Å². The predicted octanol–water partition coefficient (Wildman–Crippen LogP) is 1.39. The molecule has 1 heterocycles. The van der Waals surface area contributed by atoms with Crippen molar-refractivity contribution < 1.29 is 18.7 Å². The number of nitrogens with zero attached hydrogens (tertiary/aromatic N) is 4. The molecular formula is C14H16F2N4O2. The maximum atomic E-state index is 14.1. The molecule has 1 aromatic heterocycles. The van der Waals surface area contributed by atoms with Crippen molar-refractivity contribution in [2.75, 3.05) is 13.2 Å². The zero-order valence-electron chi connectivity index (χ0n) is 12.2. The monoisotopic (exact) mass is 310 g/mol. The Balaban J connectivity index is 2.56. The molecule has 2 rings (SSSR count). The summed E-state index contributed by atoms with van der Waals surface area (Å²) in [4.78, 5) is 14.9. The lowest BCUT2D eigenvalue weighted by atomic mass is 10.1. The highest BCUT2D eigenvalue weighted by Crippen LogP contribution is 2.21. The van der Waals surface area contributed by atoms with E-state index in [2.05, 4.69) is 10.2 Å². The van der Waals surface area contributed by atoms with E-state index in [9.17, 15) is 18.7 Å². The number of amides is 1. The molecule has 0 unspecified atom stereocenters. The molecule has 0 bridgehead atoms. The lowest BCUT2D eigenvalue weighted by molar-refractivity contribution is 0.0631. The molecule has 6 nitrogen and oxygen atoms in total. The number of benzene rings is 1. The first-order valence-corrected chi connectivity index (χ1v) is 6.77. The molecule has 1 amide bonds. The number of rotatable bonds is 5. The molecular weight excluding hydrogens is 294 g/mol. The first kappa shape index (κ1) is 16.0.